The van der Waals surface area contributed by atoms with E-state index in [-0.39, 0.29) is 23.7 Å². The molecule has 0 heterocycles. The zero-order valence-corrected chi connectivity index (χ0v) is 9.22. The first kappa shape index (κ1) is 13.1. The van der Waals surface area contributed by atoms with Gasteiger partial charge in [-0.3, -0.25) is 4.18 Å². The Kier molecular flexibility index (Phi) is 6.14. The molecular formula is C8H14O5S. The Bertz CT molecular complexity index is 258. The van der Waals surface area contributed by atoms with E-state index < -0.39 is 17.0 Å². The number of ether oxygens (including phenoxy) is 1. The highest BCUT2D eigenvalue weighted by molar-refractivity contribution is 7.85. The van der Waals surface area contributed by atoms with Crippen molar-refractivity contribution in [3.8, 4) is 0 Å². The van der Waals surface area contributed by atoms with Gasteiger partial charge < -0.3 is 9.84 Å². The lowest BCUT2D eigenvalue weighted by atomic mass is 10.3. The Balaban J connectivity index is 4.92. The third kappa shape index (κ3) is 3.47. The van der Waals surface area contributed by atoms with Crippen LogP contribution in [0, 0.1) is 0 Å². The molecule has 0 aromatic heterocycles. The Morgan fingerprint density at radius 3 is 2.36 bits per heavy atom. The number of aliphatic hydroxyl groups excluding tert-OH is 1. The molecule has 0 aromatic carbocycles. The summed E-state index contributed by atoms with van der Waals surface area (Å²) in [5, 5.41) is 9.32. The van der Waals surface area contributed by atoms with E-state index in [9.17, 15) is 14.1 Å². The highest BCUT2D eigenvalue weighted by atomic mass is 32.2. The van der Waals surface area contributed by atoms with Gasteiger partial charge in [0, 0.05) is 6.42 Å². The van der Waals surface area contributed by atoms with Crippen molar-refractivity contribution in [3.05, 3.63) is 10.7 Å². The second-order valence-corrected chi connectivity index (χ2v) is 3.46. The molecule has 0 aliphatic rings. The summed E-state index contributed by atoms with van der Waals surface area (Å²) in [5.41, 5.74) is 0. The second kappa shape index (κ2) is 6.56. The van der Waals surface area contributed by atoms with Crippen molar-refractivity contribution < 1.29 is 23.0 Å². The molecular weight excluding hydrogens is 208 g/mol. The Labute approximate surface area is 85.4 Å². The zero-order valence-electron chi connectivity index (χ0n) is 8.40. The SMILES string of the molecule is CCOC(=O)/C(=C(\O)CC)S(=O)OC. The van der Waals surface area contributed by atoms with Crippen LogP contribution in [-0.4, -0.2) is 29.0 Å². The smallest absolute Gasteiger partial charge is 0.353 e. The van der Waals surface area contributed by atoms with Gasteiger partial charge in [0.1, 0.15) is 5.76 Å². The number of carbonyl (C=O) groups excluding carboxylic acids is 1. The zero-order chi connectivity index (χ0) is 11.1. The second-order valence-electron chi connectivity index (χ2n) is 2.25. The maximum absolute atomic E-state index is 11.2. The molecule has 0 bridgehead atoms. The van der Waals surface area contributed by atoms with Crippen LogP contribution in [0.4, 0.5) is 0 Å². The topological polar surface area (TPSA) is 72.8 Å². The quantitative estimate of drug-likeness (QED) is 0.427. The molecule has 0 saturated heterocycles. The van der Waals surface area contributed by atoms with Crippen LogP contribution in [0.2, 0.25) is 0 Å². The van der Waals surface area contributed by atoms with Gasteiger partial charge in [0.25, 0.3) is 0 Å². The molecule has 5 nitrogen and oxygen atoms in total. The molecule has 0 aliphatic carbocycles. The third-order valence-corrected chi connectivity index (χ3v) is 2.41. The summed E-state index contributed by atoms with van der Waals surface area (Å²) in [7, 11) is 1.18. The number of allylic oxidation sites excluding steroid dienone is 1. The van der Waals surface area contributed by atoms with Gasteiger partial charge in [-0.2, -0.15) is 0 Å². The van der Waals surface area contributed by atoms with E-state index in [0.29, 0.717) is 0 Å². The minimum Gasteiger partial charge on any atom is -0.511 e. The average Bonchev–Trinajstić information content (AvgIpc) is 2.17. The molecule has 0 fully saturated rings. The van der Waals surface area contributed by atoms with Crippen LogP contribution in [0.5, 0.6) is 0 Å². The Morgan fingerprint density at radius 2 is 2.00 bits per heavy atom. The highest BCUT2D eigenvalue weighted by Gasteiger charge is 2.22. The number of esters is 1. The van der Waals surface area contributed by atoms with E-state index >= 15 is 0 Å². The minimum absolute atomic E-state index is 0.153. The van der Waals surface area contributed by atoms with E-state index in [1.165, 1.54) is 7.11 Å². The van der Waals surface area contributed by atoms with E-state index in [4.69, 9.17) is 0 Å². The molecule has 6 heteroatoms. The molecule has 1 unspecified atom stereocenters. The summed E-state index contributed by atoms with van der Waals surface area (Å²) in [6.07, 6.45) is 0.198. The molecule has 0 spiro atoms. The van der Waals surface area contributed by atoms with Crippen molar-refractivity contribution in [2.24, 2.45) is 0 Å². The fourth-order valence-electron chi connectivity index (χ4n) is 0.723. The highest BCUT2D eigenvalue weighted by Crippen LogP contribution is 2.12. The van der Waals surface area contributed by atoms with E-state index in [1.54, 1.807) is 13.8 Å². The summed E-state index contributed by atoms with van der Waals surface area (Å²) in [6, 6.07) is 0. The first-order chi connectivity index (χ1) is 6.58. The lowest BCUT2D eigenvalue weighted by Gasteiger charge is -2.06. The minimum atomic E-state index is -1.97. The van der Waals surface area contributed by atoms with Gasteiger partial charge in [-0.1, -0.05) is 6.92 Å². The largest absolute Gasteiger partial charge is 0.511 e. The lowest BCUT2D eigenvalue weighted by molar-refractivity contribution is -0.137. The van der Waals surface area contributed by atoms with E-state index in [2.05, 4.69) is 8.92 Å². The van der Waals surface area contributed by atoms with Crippen LogP contribution in [0.15, 0.2) is 10.7 Å². The number of aliphatic hydroxyl groups is 1. The van der Waals surface area contributed by atoms with Gasteiger partial charge in [0.15, 0.2) is 16.0 Å². The van der Waals surface area contributed by atoms with Gasteiger partial charge in [-0.25, -0.2) is 9.00 Å². The van der Waals surface area contributed by atoms with Gasteiger partial charge >= 0.3 is 5.97 Å². The van der Waals surface area contributed by atoms with Gasteiger partial charge in [0.05, 0.1) is 13.7 Å². The summed E-state index contributed by atoms with van der Waals surface area (Å²) < 4.78 is 20.3. The van der Waals surface area contributed by atoms with Crippen LogP contribution in [0.1, 0.15) is 20.3 Å². The average molecular weight is 222 g/mol. The molecule has 82 valence electrons. The summed E-state index contributed by atoms with van der Waals surface area (Å²) in [6.45, 7) is 3.40. The molecule has 0 radical (unpaired) electrons. The van der Waals surface area contributed by atoms with Crippen molar-refractivity contribution in [1.29, 1.82) is 0 Å². The molecule has 0 saturated carbocycles. The Hall–Kier alpha value is -0.880. The standard InChI is InChI=1S/C8H14O5S/c1-4-6(9)7(14(11)12-3)8(10)13-5-2/h9H,4-5H2,1-3H3/b7-6+. The van der Waals surface area contributed by atoms with E-state index in [0.717, 1.165) is 0 Å². The number of hydrogen-bond donors (Lipinski definition) is 1. The van der Waals surface area contributed by atoms with Crippen LogP contribution in [0.3, 0.4) is 0 Å². The molecule has 14 heavy (non-hydrogen) atoms. The number of carbonyl (C=O) groups is 1. The normalized spacial score (nSPS) is 14.5. The van der Waals surface area contributed by atoms with Gasteiger partial charge in [0.2, 0.25) is 0 Å². The molecule has 0 rings (SSSR count). The first-order valence-corrected chi connectivity index (χ1v) is 5.21. The van der Waals surface area contributed by atoms with Gasteiger partial charge in [-0.15, -0.1) is 0 Å². The van der Waals surface area contributed by atoms with Crippen molar-refractivity contribution >= 4 is 17.0 Å². The molecule has 1 atom stereocenters. The van der Waals surface area contributed by atoms with Crippen molar-refractivity contribution in [2.45, 2.75) is 20.3 Å². The summed E-state index contributed by atoms with van der Waals surface area (Å²) in [4.78, 5) is 10.9. The van der Waals surface area contributed by atoms with Crippen LogP contribution < -0.4 is 0 Å². The summed E-state index contributed by atoms with van der Waals surface area (Å²) in [5.74, 6) is -1.09. The molecule has 1 N–H and O–H groups in total. The van der Waals surface area contributed by atoms with Crippen LogP contribution in [-0.2, 0) is 24.8 Å². The van der Waals surface area contributed by atoms with E-state index in [1.807, 2.05) is 0 Å². The van der Waals surface area contributed by atoms with Crippen molar-refractivity contribution in [1.82, 2.24) is 0 Å². The third-order valence-electron chi connectivity index (χ3n) is 1.38. The monoisotopic (exact) mass is 222 g/mol. The number of rotatable bonds is 5. The fourth-order valence-corrected chi connectivity index (χ4v) is 1.42. The van der Waals surface area contributed by atoms with Crippen LogP contribution in [0.25, 0.3) is 0 Å². The Morgan fingerprint density at radius 1 is 1.43 bits per heavy atom. The van der Waals surface area contributed by atoms with Crippen molar-refractivity contribution in [2.75, 3.05) is 13.7 Å². The summed E-state index contributed by atoms with van der Waals surface area (Å²) >= 11 is -1.97. The number of hydrogen-bond acceptors (Lipinski definition) is 5. The maximum Gasteiger partial charge on any atom is 0.353 e. The maximum atomic E-state index is 11.2. The first-order valence-electron chi connectivity index (χ1n) is 4.13. The predicted octanol–water partition coefficient (Wildman–Crippen LogP) is 1.04. The van der Waals surface area contributed by atoms with Crippen molar-refractivity contribution in [3.63, 3.8) is 0 Å². The lowest BCUT2D eigenvalue weighted by Crippen LogP contribution is -2.15. The molecule has 0 aliphatic heterocycles. The fraction of sp³-hybridized carbons (Fsp3) is 0.625. The molecule has 0 aromatic rings. The van der Waals surface area contributed by atoms with Gasteiger partial charge in [-0.05, 0) is 6.92 Å². The predicted molar refractivity (Wildman–Crippen MR) is 51.7 cm³/mol. The molecule has 0 amide bonds. The van der Waals surface area contributed by atoms with Crippen LogP contribution >= 0.6 is 0 Å².